The van der Waals surface area contributed by atoms with Crippen molar-refractivity contribution in [3.8, 4) is 5.75 Å². The van der Waals surface area contributed by atoms with E-state index in [0.717, 1.165) is 22.8 Å². The maximum Gasteiger partial charge on any atom is 0.132 e. The van der Waals surface area contributed by atoms with Gasteiger partial charge in [-0.2, -0.15) is 0 Å². The van der Waals surface area contributed by atoms with E-state index in [1.54, 1.807) is 18.9 Å². The van der Waals surface area contributed by atoms with Crippen LogP contribution < -0.4 is 10.1 Å². The molecule has 1 aromatic carbocycles. The van der Waals surface area contributed by atoms with E-state index in [-0.39, 0.29) is 6.67 Å². The summed E-state index contributed by atoms with van der Waals surface area (Å²) in [7, 11) is 1.68. The molecule has 1 rings (SSSR count). The fraction of sp³-hybridized carbons (Fsp3) is 0.500. The van der Waals surface area contributed by atoms with Gasteiger partial charge in [-0.05, 0) is 36.9 Å². The first kappa shape index (κ1) is 13.3. The quantitative estimate of drug-likeness (QED) is 0.588. The largest absolute Gasteiger partial charge is 0.496 e. The Labute approximate surface area is 101 Å². The van der Waals surface area contributed by atoms with E-state index in [2.05, 4.69) is 17.4 Å². The standard InChI is InChI=1S/C12H18FNOS/c1-15-11-8-10(4-5-12(11)16-2)9-14-7-3-6-13/h4-5,8,14H,3,6-7,9H2,1-2H3. The third-order valence-corrected chi connectivity index (χ3v) is 3.04. The van der Waals surface area contributed by atoms with Crippen LogP contribution >= 0.6 is 11.8 Å². The molecule has 0 radical (unpaired) electrons. The van der Waals surface area contributed by atoms with Crippen molar-refractivity contribution in [2.45, 2.75) is 17.9 Å². The molecule has 0 aliphatic carbocycles. The van der Waals surface area contributed by atoms with Crippen LogP contribution in [0.4, 0.5) is 4.39 Å². The number of benzene rings is 1. The first-order valence-electron chi connectivity index (χ1n) is 5.29. The van der Waals surface area contributed by atoms with Gasteiger partial charge in [0.25, 0.3) is 0 Å². The van der Waals surface area contributed by atoms with Gasteiger partial charge >= 0.3 is 0 Å². The van der Waals surface area contributed by atoms with Gasteiger partial charge in [0.2, 0.25) is 0 Å². The monoisotopic (exact) mass is 243 g/mol. The lowest BCUT2D eigenvalue weighted by Gasteiger charge is -2.09. The molecule has 90 valence electrons. The number of hydrogen-bond acceptors (Lipinski definition) is 3. The van der Waals surface area contributed by atoms with Gasteiger partial charge in [-0.1, -0.05) is 6.07 Å². The van der Waals surface area contributed by atoms with Crippen LogP contribution in [0.1, 0.15) is 12.0 Å². The highest BCUT2D eigenvalue weighted by atomic mass is 32.2. The summed E-state index contributed by atoms with van der Waals surface area (Å²) in [4.78, 5) is 1.13. The van der Waals surface area contributed by atoms with E-state index in [1.807, 2.05) is 12.3 Å². The molecule has 0 heterocycles. The van der Waals surface area contributed by atoms with Crippen LogP contribution in [0, 0.1) is 0 Å². The molecule has 0 saturated heterocycles. The predicted molar refractivity (Wildman–Crippen MR) is 67.1 cm³/mol. The molecule has 0 saturated carbocycles. The number of alkyl halides is 1. The van der Waals surface area contributed by atoms with Crippen LogP contribution in [0.15, 0.2) is 23.1 Å². The maximum absolute atomic E-state index is 11.9. The van der Waals surface area contributed by atoms with Crippen LogP contribution in [-0.4, -0.2) is 26.6 Å². The zero-order valence-electron chi connectivity index (χ0n) is 9.75. The highest BCUT2D eigenvalue weighted by molar-refractivity contribution is 7.98. The Hall–Kier alpha value is -0.740. The average molecular weight is 243 g/mol. The molecule has 4 heteroatoms. The van der Waals surface area contributed by atoms with E-state index >= 15 is 0 Å². The summed E-state index contributed by atoms with van der Waals surface area (Å²) in [5.41, 5.74) is 1.16. The van der Waals surface area contributed by atoms with Gasteiger partial charge in [-0.3, -0.25) is 4.39 Å². The first-order valence-corrected chi connectivity index (χ1v) is 6.52. The van der Waals surface area contributed by atoms with Crippen LogP contribution in [0.3, 0.4) is 0 Å². The number of halogens is 1. The van der Waals surface area contributed by atoms with Gasteiger partial charge in [-0.15, -0.1) is 11.8 Å². The minimum atomic E-state index is -0.262. The number of ether oxygens (including phenoxy) is 1. The summed E-state index contributed by atoms with van der Waals surface area (Å²) < 4.78 is 17.2. The van der Waals surface area contributed by atoms with Crippen molar-refractivity contribution < 1.29 is 9.13 Å². The minimum Gasteiger partial charge on any atom is -0.496 e. The second-order valence-corrected chi connectivity index (χ2v) is 4.26. The fourth-order valence-electron chi connectivity index (χ4n) is 1.42. The van der Waals surface area contributed by atoms with Crippen LogP contribution in [0.25, 0.3) is 0 Å². The maximum atomic E-state index is 11.9. The topological polar surface area (TPSA) is 21.3 Å². The molecular weight excluding hydrogens is 225 g/mol. The lowest BCUT2D eigenvalue weighted by Crippen LogP contribution is -2.15. The van der Waals surface area contributed by atoms with Crippen molar-refractivity contribution in [1.29, 1.82) is 0 Å². The Kier molecular flexibility index (Phi) is 6.26. The van der Waals surface area contributed by atoms with Gasteiger partial charge < -0.3 is 10.1 Å². The summed E-state index contributed by atoms with van der Waals surface area (Å²) in [6, 6.07) is 6.14. The zero-order chi connectivity index (χ0) is 11.8. The Morgan fingerprint density at radius 2 is 2.25 bits per heavy atom. The minimum absolute atomic E-state index is 0.262. The smallest absolute Gasteiger partial charge is 0.132 e. The number of methoxy groups -OCH3 is 1. The predicted octanol–water partition coefficient (Wildman–Crippen LogP) is 2.87. The third-order valence-electron chi connectivity index (χ3n) is 2.26. The number of rotatable bonds is 7. The highest BCUT2D eigenvalue weighted by Gasteiger charge is 2.02. The van der Waals surface area contributed by atoms with E-state index in [4.69, 9.17) is 4.74 Å². The average Bonchev–Trinajstić information content (AvgIpc) is 2.34. The molecule has 0 aliphatic rings. The van der Waals surface area contributed by atoms with Gasteiger partial charge in [0, 0.05) is 11.4 Å². The van der Waals surface area contributed by atoms with Crippen molar-refractivity contribution >= 4 is 11.8 Å². The summed E-state index contributed by atoms with van der Waals surface area (Å²) in [6.45, 7) is 1.20. The number of nitrogens with one attached hydrogen (secondary N) is 1. The highest BCUT2D eigenvalue weighted by Crippen LogP contribution is 2.28. The Morgan fingerprint density at radius 3 is 2.88 bits per heavy atom. The molecule has 0 aliphatic heterocycles. The summed E-state index contributed by atoms with van der Waals surface area (Å²) in [5, 5.41) is 3.19. The Bertz CT molecular complexity index is 320. The van der Waals surface area contributed by atoms with Crippen molar-refractivity contribution in [1.82, 2.24) is 5.32 Å². The van der Waals surface area contributed by atoms with Crippen LogP contribution in [-0.2, 0) is 6.54 Å². The molecule has 0 fully saturated rings. The van der Waals surface area contributed by atoms with Crippen molar-refractivity contribution in [3.63, 3.8) is 0 Å². The van der Waals surface area contributed by atoms with Crippen molar-refractivity contribution in [2.75, 3.05) is 26.6 Å². The van der Waals surface area contributed by atoms with E-state index in [1.165, 1.54) is 0 Å². The van der Waals surface area contributed by atoms with Gasteiger partial charge in [0.1, 0.15) is 5.75 Å². The van der Waals surface area contributed by atoms with Crippen molar-refractivity contribution in [2.24, 2.45) is 0 Å². The molecule has 0 spiro atoms. The SMILES string of the molecule is COc1cc(CNCCCF)ccc1SC. The molecular formula is C12H18FNOS. The first-order chi connectivity index (χ1) is 7.81. The Balaban J connectivity index is 2.54. The molecule has 0 amide bonds. The molecule has 16 heavy (non-hydrogen) atoms. The zero-order valence-corrected chi connectivity index (χ0v) is 10.6. The van der Waals surface area contributed by atoms with E-state index in [0.29, 0.717) is 13.0 Å². The van der Waals surface area contributed by atoms with E-state index in [9.17, 15) is 4.39 Å². The molecule has 1 N–H and O–H groups in total. The lowest BCUT2D eigenvalue weighted by molar-refractivity contribution is 0.404. The summed E-state index contributed by atoms with van der Waals surface area (Å²) in [5.74, 6) is 0.900. The molecule has 0 bridgehead atoms. The van der Waals surface area contributed by atoms with Gasteiger partial charge in [0.15, 0.2) is 0 Å². The van der Waals surface area contributed by atoms with Gasteiger partial charge in [-0.25, -0.2) is 0 Å². The van der Waals surface area contributed by atoms with E-state index < -0.39 is 0 Å². The van der Waals surface area contributed by atoms with Crippen molar-refractivity contribution in [3.05, 3.63) is 23.8 Å². The normalized spacial score (nSPS) is 10.4. The molecule has 2 nitrogen and oxygen atoms in total. The molecule has 1 aromatic rings. The number of thioether (sulfide) groups is 1. The molecule has 0 atom stereocenters. The second-order valence-electron chi connectivity index (χ2n) is 3.41. The van der Waals surface area contributed by atoms with Gasteiger partial charge in [0.05, 0.1) is 13.8 Å². The number of hydrogen-bond donors (Lipinski definition) is 1. The summed E-state index contributed by atoms with van der Waals surface area (Å²) in [6.07, 6.45) is 2.59. The molecule has 0 aromatic heterocycles. The lowest BCUT2D eigenvalue weighted by atomic mass is 10.2. The summed E-state index contributed by atoms with van der Waals surface area (Å²) >= 11 is 1.67. The fourth-order valence-corrected chi connectivity index (χ4v) is 1.96. The third kappa shape index (κ3) is 4.02. The van der Waals surface area contributed by atoms with Crippen LogP contribution in [0.2, 0.25) is 0 Å². The second kappa shape index (κ2) is 7.52. The molecule has 0 unspecified atom stereocenters. The van der Waals surface area contributed by atoms with Crippen LogP contribution in [0.5, 0.6) is 5.75 Å². The Morgan fingerprint density at radius 1 is 1.44 bits per heavy atom.